The predicted molar refractivity (Wildman–Crippen MR) is 309 cm³/mol. The molecule has 0 aliphatic heterocycles. The third-order valence-electron chi connectivity index (χ3n) is 14.3. The van der Waals surface area contributed by atoms with Gasteiger partial charge in [0.15, 0.2) is 0 Å². The summed E-state index contributed by atoms with van der Waals surface area (Å²) in [4.78, 5) is 4.86. The molecule has 346 valence electrons. The number of aryl methyl sites for hydroxylation is 2. The quantitative estimate of drug-likeness (QED) is 0.136. The van der Waals surface area contributed by atoms with Crippen molar-refractivity contribution >= 4 is 77.6 Å². The molecule has 73 heavy (non-hydrogen) atoms. The van der Waals surface area contributed by atoms with Gasteiger partial charge < -0.3 is 14.2 Å². The molecule has 0 N–H and O–H groups in total. The Hall–Kier alpha value is -9.44. The molecule has 0 fully saturated rings. The van der Waals surface area contributed by atoms with E-state index in [-0.39, 0.29) is 0 Å². The molecule has 0 unspecified atom stereocenters. The SMILES string of the molecule is Cc1ccc(N(c2ccc3cc4c(cc3c2)oc2cc3cc(N(c5ccccc5-c5ccccc5)c5ccc(C)cc5-c5ccccc5)ccc3cc24)c2ccccc2-c2ccccc2)c(-c2ccccc2)c1. The van der Waals surface area contributed by atoms with Crippen molar-refractivity contribution in [3.8, 4) is 44.5 Å². The van der Waals surface area contributed by atoms with Crippen LogP contribution in [0.3, 0.4) is 0 Å². The first kappa shape index (κ1) is 43.6. The Morgan fingerprint density at radius 1 is 0.260 bits per heavy atom. The van der Waals surface area contributed by atoms with E-state index < -0.39 is 0 Å². The Morgan fingerprint density at radius 2 is 0.603 bits per heavy atom. The molecule has 0 spiro atoms. The topological polar surface area (TPSA) is 19.6 Å². The fourth-order valence-corrected chi connectivity index (χ4v) is 10.8. The number of hydrogen-bond donors (Lipinski definition) is 0. The van der Waals surface area contributed by atoms with Crippen molar-refractivity contribution in [3.05, 3.63) is 278 Å². The van der Waals surface area contributed by atoms with Gasteiger partial charge in [-0.15, -0.1) is 0 Å². The van der Waals surface area contributed by atoms with Crippen LogP contribution in [0.2, 0.25) is 0 Å². The average Bonchev–Trinajstić information content (AvgIpc) is 3.79. The lowest BCUT2D eigenvalue weighted by atomic mass is 9.97. The summed E-state index contributed by atoms with van der Waals surface area (Å²) in [5.41, 5.74) is 20.0. The van der Waals surface area contributed by atoms with E-state index in [1.165, 1.54) is 33.4 Å². The monoisotopic (exact) mass is 934 g/mol. The van der Waals surface area contributed by atoms with Crippen LogP contribution in [-0.2, 0) is 0 Å². The van der Waals surface area contributed by atoms with Gasteiger partial charge in [0.1, 0.15) is 11.2 Å². The first-order chi connectivity index (χ1) is 36.0. The number of hydrogen-bond acceptors (Lipinski definition) is 3. The first-order valence-corrected chi connectivity index (χ1v) is 25.1. The Labute approximate surface area is 426 Å². The zero-order chi connectivity index (χ0) is 48.8. The van der Waals surface area contributed by atoms with Gasteiger partial charge in [0.25, 0.3) is 0 Å². The van der Waals surface area contributed by atoms with E-state index in [1.54, 1.807) is 0 Å². The average molecular weight is 935 g/mol. The van der Waals surface area contributed by atoms with Crippen molar-refractivity contribution < 1.29 is 4.42 Å². The van der Waals surface area contributed by atoms with Crippen molar-refractivity contribution in [1.29, 1.82) is 0 Å². The summed E-state index contributed by atoms with van der Waals surface area (Å²) in [5.74, 6) is 0. The highest BCUT2D eigenvalue weighted by molar-refractivity contribution is 6.14. The van der Waals surface area contributed by atoms with Crippen molar-refractivity contribution in [2.75, 3.05) is 9.80 Å². The summed E-state index contributed by atoms with van der Waals surface area (Å²) < 4.78 is 6.91. The molecule has 0 aliphatic carbocycles. The molecule has 0 saturated carbocycles. The third-order valence-corrected chi connectivity index (χ3v) is 14.3. The van der Waals surface area contributed by atoms with Crippen molar-refractivity contribution in [2.24, 2.45) is 0 Å². The van der Waals surface area contributed by atoms with E-state index in [0.717, 1.165) is 99.9 Å². The lowest BCUT2D eigenvalue weighted by Crippen LogP contribution is -2.12. The molecule has 12 aromatic carbocycles. The first-order valence-electron chi connectivity index (χ1n) is 25.1. The lowest BCUT2D eigenvalue weighted by molar-refractivity contribution is 0.670. The number of rotatable bonds is 10. The molecule has 13 aromatic rings. The van der Waals surface area contributed by atoms with Crippen LogP contribution in [0.5, 0.6) is 0 Å². The highest BCUT2D eigenvalue weighted by atomic mass is 16.3. The standard InChI is InChI=1S/C70H50N2O/c1-47-31-37-67(61(39-47)51-23-11-5-12-24-51)71(65-29-17-15-27-59(65)49-19-7-3-8-20-49)57-35-33-53-43-63-64-44-54-34-36-58(42-56(54)46-70(64)73-69(63)45-55(53)41-57)72(66-30-18-16-28-60(66)50-21-9-4-10-22-50)68-38-32-48(2)40-62(68)52-25-13-6-14-26-52/h3-46H,1-2H3. The van der Waals surface area contributed by atoms with Gasteiger partial charge in [-0.1, -0.05) is 193 Å². The smallest absolute Gasteiger partial charge is 0.136 e. The second kappa shape index (κ2) is 18.4. The van der Waals surface area contributed by atoms with Crippen molar-refractivity contribution in [2.45, 2.75) is 13.8 Å². The van der Waals surface area contributed by atoms with Crippen LogP contribution >= 0.6 is 0 Å². The van der Waals surface area contributed by atoms with Gasteiger partial charge in [-0.25, -0.2) is 0 Å². The van der Waals surface area contributed by atoms with Crippen LogP contribution in [0.1, 0.15) is 11.1 Å². The van der Waals surface area contributed by atoms with Crippen LogP contribution in [0.4, 0.5) is 34.1 Å². The van der Waals surface area contributed by atoms with E-state index in [2.05, 4.69) is 291 Å². The number of benzene rings is 12. The van der Waals surface area contributed by atoms with E-state index in [4.69, 9.17) is 4.42 Å². The van der Waals surface area contributed by atoms with Gasteiger partial charge in [-0.2, -0.15) is 0 Å². The van der Waals surface area contributed by atoms with E-state index in [0.29, 0.717) is 0 Å². The van der Waals surface area contributed by atoms with E-state index in [1.807, 2.05) is 0 Å². The summed E-state index contributed by atoms with van der Waals surface area (Å²) in [7, 11) is 0. The number of furan rings is 1. The molecule has 3 nitrogen and oxygen atoms in total. The highest BCUT2D eigenvalue weighted by Gasteiger charge is 2.24. The minimum Gasteiger partial charge on any atom is -0.456 e. The molecular weight excluding hydrogens is 885 g/mol. The molecule has 1 heterocycles. The zero-order valence-electron chi connectivity index (χ0n) is 40.7. The fraction of sp³-hybridized carbons (Fsp3) is 0.0286. The molecule has 3 heteroatoms. The number of anilines is 6. The van der Waals surface area contributed by atoms with Gasteiger partial charge in [0.05, 0.1) is 22.7 Å². The van der Waals surface area contributed by atoms with Crippen molar-refractivity contribution in [3.63, 3.8) is 0 Å². The van der Waals surface area contributed by atoms with E-state index >= 15 is 0 Å². The minimum atomic E-state index is 0.859. The third kappa shape index (κ3) is 8.08. The molecule has 13 rings (SSSR count). The summed E-state index contributed by atoms with van der Waals surface area (Å²) in [6.45, 7) is 4.34. The van der Waals surface area contributed by atoms with E-state index in [9.17, 15) is 0 Å². The summed E-state index contributed by atoms with van der Waals surface area (Å²) >= 11 is 0. The molecule has 0 bridgehead atoms. The maximum atomic E-state index is 6.91. The van der Waals surface area contributed by atoms with Crippen LogP contribution in [-0.4, -0.2) is 0 Å². The van der Waals surface area contributed by atoms with Gasteiger partial charge in [-0.05, 0) is 143 Å². The number of fused-ring (bicyclic) bond motifs is 5. The molecular formula is C70H50N2O. The maximum Gasteiger partial charge on any atom is 0.136 e. The highest BCUT2D eigenvalue weighted by Crippen LogP contribution is 2.48. The van der Waals surface area contributed by atoms with Crippen LogP contribution in [0, 0.1) is 13.8 Å². The van der Waals surface area contributed by atoms with Gasteiger partial charge in [0.2, 0.25) is 0 Å². The fourth-order valence-electron chi connectivity index (χ4n) is 10.8. The van der Waals surface area contributed by atoms with Crippen LogP contribution < -0.4 is 9.80 Å². The van der Waals surface area contributed by atoms with Crippen LogP contribution in [0.25, 0.3) is 88.0 Å². The maximum absolute atomic E-state index is 6.91. The predicted octanol–water partition coefficient (Wildman–Crippen LogP) is 20.1. The van der Waals surface area contributed by atoms with Gasteiger partial charge >= 0.3 is 0 Å². The van der Waals surface area contributed by atoms with Crippen LogP contribution in [0.15, 0.2) is 271 Å². The largest absolute Gasteiger partial charge is 0.456 e. The molecule has 0 aliphatic rings. The molecule has 1 aromatic heterocycles. The molecule has 0 amide bonds. The molecule has 0 saturated heterocycles. The Morgan fingerprint density at radius 3 is 1.00 bits per heavy atom. The Bertz CT molecular complexity index is 3890. The summed E-state index contributed by atoms with van der Waals surface area (Å²) in [5, 5.41) is 6.71. The minimum absolute atomic E-state index is 0.859. The Balaban J connectivity index is 0.961. The Kier molecular flexibility index (Phi) is 11.0. The molecule has 0 radical (unpaired) electrons. The summed E-state index contributed by atoms with van der Waals surface area (Å²) in [6.07, 6.45) is 0. The van der Waals surface area contributed by atoms with Gasteiger partial charge in [-0.3, -0.25) is 0 Å². The normalized spacial score (nSPS) is 11.4. The second-order valence-electron chi connectivity index (χ2n) is 19.1. The molecule has 0 atom stereocenters. The number of para-hydroxylation sites is 2. The van der Waals surface area contributed by atoms with Crippen molar-refractivity contribution in [1.82, 2.24) is 0 Å². The lowest BCUT2D eigenvalue weighted by Gasteiger charge is -2.30. The van der Waals surface area contributed by atoms with Gasteiger partial charge in [0, 0.05) is 44.4 Å². The number of nitrogens with zero attached hydrogens (tertiary/aromatic N) is 2. The zero-order valence-corrected chi connectivity index (χ0v) is 40.7. The second-order valence-corrected chi connectivity index (χ2v) is 19.1. The summed E-state index contributed by atoms with van der Waals surface area (Å²) in [6, 6.07) is 96.7.